The molecule has 1 atom stereocenters. The molecule has 0 aromatic heterocycles. The normalized spacial score (nSPS) is 11.4. The van der Waals surface area contributed by atoms with Crippen LogP contribution >= 0.6 is 0 Å². The average molecular weight is 410 g/mol. The molecule has 0 aliphatic heterocycles. The number of hydrogen-bond donors (Lipinski definition) is 2. The monoisotopic (exact) mass is 408 g/mol. The van der Waals surface area contributed by atoms with E-state index in [1.807, 2.05) is 0 Å². The van der Waals surface area contributed by atoms with Gasteiger partial charge < -0.3 is 15.7 Å². The van der Waals surface area contributed by atoms with Gasteiger partial charge in [-0.05, 0) is 19.3 Å². The summed E-state index contributed by atoms with van der Waals surface area (Å²) < 4.78 is 0. The maximum absolute atomic E-state index is 10.3. The van der Waals surface area contributed by atoms with Gasteiger partial charge in [0, 0.05) is 32.6 Å². The van der Waals surface area contributed by atoms with Crippen molar-refractivity contribution in [3.63, 3.8) is 0 Å². The molecule has 0 heterocycles. The third kappa shape index (κ3) is 24.6. The zero-order valence-electron chi connectivity index (χ0n) is 15.0. The number of carboxylic acid groups (broad SMARTS) is 1. The smallest absolute Gasteiger partial charge is 0.303 e. The Bertz CT molecular complexity index is 237. The number of hydrogen-bond acceptors (Lipinski definition) is 2. The Morgan fingerprint density at radius 2 is 1.17 bits per heavy atom. The zero-order valence-corrected chi connectivity index (χ0v) is 17.4. The van der Waals surface area contributed by atoms with Crippen LogP contribution in [0.15, 0.2) is 0 Å². The van der Waals surface area contributed by atoms with Gasteiger partial charge in [-0.2, -0.15) is 0 Å². The van der Waals surface area contributed by atoms with Crippen LogP contribution < -0.4 is 0 Å². The number of carboxylic acids is 1. The average Bonchev–Trinajstić information content (AvgIpc) is 2.45. The summed E-state index contributed by atoms with van der Waals surface area (Å²) in [6.45, 7) is 2.21. The van der Waals surface area contributed by atoms with Crippen LogP contribution in [0.25, 0.3) is 0 Å². The first-order valence-electron chi connectivity index (χ1n) is 9.06. The van der Waals surface area contributed by atoms with Crippen LogP contribution in [-0.2, 0) is 31.0 Å². The van der Waals surface area contributed by atoms with Crippen LogP contribution in [0, 0.1) is 0 Å². The van der Waals surface area contributed by atoms with Crippen molar-refractivity contribution >= 4 is 5.97 Å². The second kappa shape index (κ2) is 22.3. The molecule has 0 saturated heterocycles. The van der Waals surface area contributed by atoms with E-state index < -0.39 is 5.97 Å². The predicted octanol–water partition coefficient (Wildman–Crippen LogP) is 4.48. The Balaban J connectivity index is -0.00000200. The first-order chi connectivity index (χ1) is 10.2. The van der Waals surface area contributed by atoms with E-state index in [9.17, 15) is 9.90 Å². The van der Waals surface area contributed by atoms with Gasteiger partial charge in [-0.15, -0.1) is 0 Å². The van der Waals surface area contributed by atoms with Gasteiger partial charge in [0.15, 0.2) is 0 Å². The molecule has 0 aliphatic rings. The van der Waals surface area contributed by atoms with Gasteiger partial charge in [-0.25, -0.2) is 0 Å². The Hall–Kier alpha value is 0.273. The summed E-state index contributed by atoms with van der Waals surface area (Å²) in [6, 6.07) is 0. The van der Waals surface area contributed by atoms with Gasteiger partial charge in [0.25, 0.3) is 0 Å². The van der Waals surface area contributed by atoms with Gasteiger partial charge in [-0.1, -0.05) is 77.6 Å². The molecular weight excluding hydrogens is 371 g/mol. The third-order valence-corrected chi connectivity index (χ3v) is 4.07. The van der Waals surface area contributed by atoms with Crippen molar-refractivity contribution in [2.75, 3.05) is 0 Å². The van der Waals surface area contributed by atoms with Crippen LogP contribution in [0.5, 0.6) is 0 Å². The van der Waals surface area contributed by atoms with E-state index >= 15 is 0 Å². The Morgan fingerprint density at radius 3 is 1.61 bits per heavy atom. The fraction of sp³-hybridized carbons (Fsp3) is 0.944. The van der Waals surface area contributed by atoms with Crippen LogP contribution in [0.2, 0.25) is 0 Å². The summed E-state index contributed by atoms with van der Waals surface area (Å²) in [5.74, 6) is -0.678. The van der Waals surface area contributed by atoms with E-state index in [4.69, 9.17) is 5.11 Å². The number of aliphatic carboxylic acids is 1. The van der Waals surface area contributed by atoms with Crippen LogP contribution in [-0.4, -0.2) is 27.8 Å². The van der Waals surface area contributed by atoms with E-state index in [1.54, 1.807) is 0 Å². The van der Waals surface area contributed by atoms with Crippen LogP contribution in [0.3, 0.4) is 0 Å². The minimum absolute atomic E-state index is 0. The van der Waals surface area contributed by atoms with Crippen molar-refractivity contribution < 1.29 is 46.7 Å². The van der Waals surface area contributed by atoms with Gasteiger partial charge in [-0.3, -0.25) is 4.79 Å². The molecule has 23 heavy (non-hydrogen) atoms. The Kier molecular flexibility index (Phi) is 27.2. The van der Waals surface area contributed by atoms with Crippen molar-refractivity contribution in [2.24, 2.45) is 0 Å². The van der Waals surface area contributed by atoms with Gasteiger partial charge in [0.1, 0.15) is 0 Å². The van der Waals surface area contributed by atoms with Crippen molar-refractivity contribution in [1.82, 2.24) is 0 Å². The topological polar surface area (TPSA) is 89.0 Å². The molecule has 5 heteroatoms. The van der Waals surface area contributed by atoms with E-state index in [-0.39, 0.29) is 37.8 Å². The molecule has 0 amide bonds. The number of rotatable bonds is 16. The third-order valence-electron chi connectivity index (χ3n) is 4.07. The summed E-state index contributed by atoms with van der Waals surface area (Å²) in [5.41, 5.74) is 0. The number of aliphatic hydroxyl groups is 1. The molecule has 0 rings (SSSR count). The zero-order chi connectivity index (χ0) is 15.8. The van der Waals surface area contributed by atoms with Crippen LogP contribution in [0.4, 0.5) is 0 Å². The molecule has 0 saturated carbocycles. The number of aliphatic hydroxyl groups excluding tert-OH is 1. The van der Waals surface area contributed by atoms with Gasteiger partial charge >= 0.3 is 5.97 Å². The Morgan fingerprint density at radius 1 is 0.783 bits per heavy atom. The molecule has 0 spiro atoms. The van der Waals surface area contributed by atoms with E-state index in [0.29, 0.717) is 6.42 Å². The van der Waals surface area contributed by atoms with Gasteiger partial charge in [0.05, 0.1) is 6.10 Å². The fourth-order valence-electron chi connectivity index (χ4n) is 2.67. The van der Waals surface area contributed by atoms with Crippen molar-refractivity contribution in [1.29, 1.82) is 0 Å². The summed E-state index contributed by atoms with van der Waals surface area (Å²) >= 11 is 0. The second-order valence-electron chi connectivity index (χ2n) is 6.26. The largest absolute Gasteiger partial charge is 0.481 e. The number of carbonyl (C=O) groups is 1. The maximum Gasteiger partial charge on any atom is 0.303 e. The molecule has 0 aliphatic carbocycles. The molecule has 0 aromatic carbocycles. The first-order valence-corrected chi connectivity index (χ1v) is 9.06. The molecule has 4 N–H and O–H groups in total. The van der Waals surface area contributed by atoms with E-state index in [0.717, 1.165) is 38.5 Å². The van der Waals surface area contributed by atoms with Crippen molar-refractivity contribution in [2.45, 2.75) is 109 Å². The Labute approximate surface area is 161 Å². The van der Waals surface area contributed by atoms with Crippen LogP contribution in [0.1, 0.15) is 103 Å². The molecule has 1 unspecified atom stereocenters. The second-order valence-corrected chi connectivity index (χ2v) is 6.26. The molecule has 4 nitrogen and oxygen atoms in total. The molecule has 0 aromatic rings. The number of unbranched alkanes of at least 4 members (excludes halogenated alkanes) is 10. The quantitative estimate of drug-likeness (QED) is 0.368. The maximum atomic E-state index is 10.3. The molecular formula is C18H38O4Zr. The summed E-state index contributed by atoms with van der Waals surface area (Å²) in [7, 11) is 0. The minimum atomic E-state index is -0.678. The minimum Gasteiger partial charge on any atom is -0.481 e. The molecule has 0 radical (unpaired) electrons. The molecule has 138 valence electrons. The summed E-state index contributed by atoms with van der Waals surface area (Å²) in [5, 5.41) is 18.4. The van der Waals surface area contributed by atoms with Crippen molar-refractivity contribution in [3.8, 4) is 0 Å². The summed E-state index contributed by atoms with van der Waals surface area (Å²) in [4.78, 5) is 10.3. The standard InChI is InChI=1S/C18H36O3.H2O.Zr/c1-2-3-4-11-14-17(19)15-12-9-7-5-6-8-10-13-16-18(20)21;;/h17,19H,2-16H2,1H3,(H,20,21);1H2;. The first kappa shape index (κ1) is 28.1. The van der Waals surface area contributed by atoms with E-state index in [1.165, 1.54) is 51.4 Å². The fourth-order valence-corrected chi connectivity index (χ4v) is 2.67. The summed E-state index contributed by atoms with van der Waals surface area (Å²) in [6.07, 6.45) is 16.3. The van der Waals surface area contributed by atoms with E-state index in [2.05, 4.69) is 6.92 Å². The molecule has 0 bridgehead atoms. The SMILES string of the molecule is CCCCCCC(O)CCCCCCCCCCC(=O)O.O.[Zr]. The van der Waals surface area contributed by atoms with Crippen molar-refractivity contribution in [3.05, 3.63) is 0 Å². The predicted molar refractivity (Wildman–Crippen MR) is 92.2 cm³/mol. The van der Waals surface area contributed by atoms with Gasteiger partial charge in [0.2, 0.25) is 0 Å². The molecule has 0 fully saturated rings.